The van der Waals surface area contributed by atoms with Gasteiger partial charge in [-0.3, -0.25) is 24.3 Å². The Labute approximate surface area is 189 Å². The van der Waals surface area contributed by atoms with Crippen molar-refractivity contribution in [3.63, 3.8) is 0 Å². The molecule has 0 saturated carbocycles. The van der Waals surface area contributed by atoms with Gasteiger partial charge in [0.2, 0.25) is 0 Å². The first-order chi connectivity index (χ1) is 15.4. The fourth-order valence-electron chi connectivity index (χ4n) is 2.95. The number of ether oxygens (including phenoxy) is 1. The standard InChI is InChI=1S/C20H28N8O5/c1-11(2)24-18-19(30)27(10-16(29)33-20(3,4)5)15(9-23-18)12-6-13(17(25-21)26-22)8-14(7-12)28(31)32/h6-9,11H,10,21-22H2,1-5H3,(H,23,24)(H,25,26). The van der Waals surface area contributed by atoms with Crippen LogP contribution in [0.4, 0.5) is 11.5 Å². The Hall–Kier alpha value is -4.00. The predicted octanol–water partition coefficient (Wildman–Crippen LogP) is 1.06. The second kappa shape index (κ2) is 10.1. The highest BCUT2D eigenvalue weighted by molar-refractivity contribution is 5.99. The lowest BCUT2D eigenvalue weighted by molar-refractivity contribution is -0.384. The number of hydrazine groups is 1. The van der Waals surface area contributed by atoms with Gasteiger partial charge in [0.25, 0.3) is 11.2 Å². The quantitative estimate of drug-likeness (QED) is 0.116. The molecule has 0 saturated heterocycles. The molecule has 0 spiro atoms. The summed E-state index contributed by atoms with van der Waals surface area (Å²) in [5, 5.41) is 17.9. The van der Waals surface area contributed by atoms with E-state index in [0.29, 0.717) is 0 Å². The normalized spacial score (nSPS) is 11.9. The lowest BCUT2D eigenvalue weighted by atomic mass is 10.1. The number of nitrogens with one attached hydrogen (secondary N) is 2. The van der Waals surface area contributed by atoms with Gasteiger partial charge < -0.3 is 21.3 Å². The number of nitrogens with zero attached hydrogens (tertiary/aromatic N) is 4. The number of carbonyl (C=O) groups excluding carboxylic acids is 1. The predicted molar refractivity (Wildman–Crippen MR) is 123 cm³/mol. The van der Waals surface area contributed by atoms with Crippen molar-refractivity contribution in [2.24, 2.45) is 16.8 Å². The third kappa shape index (κ3) is 6.49. The van der Waals surface area contributed by atoms with Gasteiger partial charge in [-0.05, 0) is 40.7 Å². The first kappa shape index (κ1) is 25.3. The van der Waals surface area contributed by atoms with Crippen LogP contribution >= 0.6 is 0 Å². The molecule has 33 heavy (non-hydrogen) atoms. The summed E-state index contributed by atoms with van der Waals surface area (Å²) in [5.41, 5.74) is 1.16. The Morgan fingerprint density at radius 1 is 1.33 bits per heavy atom. The van der Waals surface area contributed by atoms with Crippen molar-refractivity contribution in [1.29, 1.82) is 0 Å². The van der Waals surface area contributed by atoms with E-state index >= 15 is 0 Å². The average molecular weight is 460 g/mol. The monoisotopic (exact) mass is 460 g/mol. The lowest BCUT2D eigenvalue weighted by Crippen LogP contribution is -2.34. The number of benzene rings is 1. The molecular formula is C20H28N8O5. The van der Waals surface area contributed by atoms with Gasteiger partial charge in [-0.1, -0.05) is 0 Å². The van der Waals surface area contributed by atoms with Crippen LogP contribution < -0.4 is 28.0 Å². The molecule has 178 valence electrons. The van der Waals surface area contributed by atoms with Crippen LogP contribution in [0.15, 0.2) is 34.3 Å². The summed E-state index contributed by atoms with van der Waals surface area (Å²) in [7, 11) is 0. The Bertz CT molecular complexity index is 1130. The van der Waals surface area contributed by atoms with Crippen molar-refractivity contribution in [3.8, 4) is 11.3 Å². The number of rotatable bonds is 7. The zero-order valence-electron chi connectivity index (χ0n) is 19.1. The van der Waals surface area contributed by atoms with Crippen molar-refractivity contribution in [1.82, 2.24) is 15.0 Å². The highest BCUT2D eigenvalue weighted by atomic mass is 16.6. The van der Waals surface area contributed by atoms with Gasteiger partial charge >= 0.3 is 5.97 Å². The molecule has 1 aromatic heterocycles. The van der Waals surface area contributed by atoms with Crippen LogP contribution in [0.2, 0.25) is 0 Å². The summed E-state index contributed by atoms with van der Waals surface area (Å²) in [6, 6.07) is 3.84. The molecule has 6 N–H and O–H groups in total. The summed E-state index contributed by atoms with van der Waals surface area (Å²) in [6.07, 6.45) is 1.34. The molecule has 0 amide bonds. The van der Waals surface area contributed by atoms with Crippen molar-refractivity contribution in [3.05, 3.63) is 50.4 Å². The van der Waals surface area contributed by atoms with E-state index in [1.165, 1.54) is 24.4 Å². The van der Waals surface area contributed by atoms with E-state index in [4.69, 9.17) is 16.4 Å². The Morgan fingerprint density at radius 3 is 2.52 bits per heavy atom. The average Bonchev–Trinajstić information content (AvgIpc) is 2.70. The molecule has 0 aliphatic heterocycles. The minimum atomic E-state index is -0.773. The minimum absolute atomic E-state index is 0.0213. The first-order valence-corrected chi connectivity index (χ1v) is 9.99. The van der Waals surface area contributed by atoms with E-state index in [9.17, 15) is 19.7 Å². The third-order valence-electron chi connectivity index (χ3n) is 4.15. The van der Waals surface area contributed by atoms with Crippen LogP contribution in [0.25, 0.3) is 11.3 Å². The Morgan fingerprint density at radius 2 is 2.00 bits per heavy atom. The second-order valence-corrected chi connectivity index (χ2v) is 8.42. The smallest absolute Gasteiger partial charge is 0.326 e. The number of hydrogen-bond acceptors (Lipinski definition) is 10. The minimum Gasteiger partial charge on any atom is -0.459 e. The molecule has 0 atom stereocenters. The molecule has 13 heteroatoms. The molecule has 1 heterocycles. The molecule has 0 aliphatic rings. The van der Waals surface area contributed by atoms with Gasteiger partial charge in [0.15, 0.2) is 11.7 Å². The van der Waals surface area contributed by atoms with Gasteiger partial charge in [0, 0.05) is 29.3 Å². The fourth-order valence-corrected chi connectivity index (χ4v) is 2.95. The number of hydrazone groups is 1. The van der Waals surface area contributed by atoms with Crippen LogP contribution in [0, 0.1) is 10.1 Å². The van der Waals surface area contributed by atoms with Gasteiger partial charge in [-0.15, -0.1) is 0 Å². The number of non-ortho nitro benzene ring substituents is 1. The van der Waals surface area contributed by atoms with Gasteiger partial charge in [-0.2, -0.15) is 5.10 Å². The van der Waals surface area contributed by atoms with Crippen LogP contribution in [0.3, 0.4) is 0 Å². The summed E-state index contributed by atoms with van der Waals surface area (Å²) in [4.78, 5) is 40.8. The molecule has 0 unspecified atom stereocenters. The molecule has 0 aliphatic carbocycles. The summed E-state index contributed by atoms with van der Waals surface area (Å²) in [5.74, 6) is 10.1. The number of amidine groups is 1. The fraction of sp³-hybridized carbons (Fsp3) is 0.400. The maximum absolute atomic E-state index is 13.2. The number of aromatic nitrogens is 2. The Kier molecular flexibility index (Phi) is 7.72. The number of nitro groups is 1. The second-order valence-electron chi connectivity index (χ2n) is 8.42. The molecule has 2 rings (SSSR count). The van der Waals surface area contributed by atoms with E-state index < -0.39 is 28.6 Å². The van der Waals surface area contributed by atoms with Crippen molar-refractivity contribution in [2.45, 2.75) is 52.8 Å². The van der Waals surface area contributed by atoms with Crippen LogP contribution in [-0.4, -0.2) is 37.9 Å². The van der Waals surface area contributed by atoms with E-state index in [1.54, 1.807) is 20.8 Å². The maximum atomic E-state index is 13.2. The summed E-state index contributed by atoms with van der Waals surface area (Å²) in [6.45, 7) is 8.32. The number of hydrogen-bond donors (Lipinski definition) is 4. The van der Waals surface area contributed by atoms with Crippen molar-refractivity contribution in [2.75, 3.05) is 5.32 Å². The van der Waals surface area contributed by atoms with Crippen LogP contribution in [0.5, 0.6) is 0 Å². The Balaban J connectivity index is 2.75. The van der Waals surface area contributed by atoms with Gasteiger partial charge in [0.05, 0.1) is 16.8 Å². The SMILES string of the molecule is CC(C)Nc1ncc(-c2cc(/C(=N/N)NN)cc([N+](=O)[O-])c2)n(CC(=O)OC(C)(C)C)c1=O. The van der Waals surface area contributed by atoms with E-state index in [-0.39, 0.29) is 40.2 Å². The zero-order chi connectivity index (χ0) is 24.9. The maximum Gasteiger partial charge on any atom is 0.326 e. The number of anilines is 1. The number of carbonyl (C=O) groups is 1. The summed E-state index contributed by atoms with van der Waals surface area (Å²) >= 11 is 0. The lowest BCUT2D eigenvalue weighted by Gasteiger charge is -2.21. The molecule has 0 bridgehead atoms. The molecule has 13 nitrogen and oxygen atoms in total. The third-order valence-corrected chi connectivity index (χ3v) is 4.15. The molecule has 0 radical (unpaired) electrons. The molecular weight excluding hydrogens is 432 g/mol. The number of nitrogens with two attached hydrogens (primary N) is 2. The molecule has 0 fully saturated rings. The molecule has 1 aromatic carbocycles. The highest BCUT2D eigenvalue weighted by Gasteiger charge is 2.22. The highest BCUT2D eigenvalue weighted by Crippen LogP contribution is 2.26. The van der Waals surface area contributed by atoms with Crippen molar-refractivity contribution < 1.29 is 14.5 Å². The van der Waals surface area contributed by atoms with E-state index in [1.807, 2.05) is 13.8 Å². The number of esters is 1. The first-order valence-electron chi connectivity index (χ1n) is 9.99. The topological polar surface area (TPSA) is 193 Å². The number of nitro benzene ring substituents is 1. The van der Waals surface area contributed by atoms with Crippen LogP contribution in [-0.2, 0) is 16.1 Å². The zero-order valence-corrected chi connectivity index (χ0v) is 19.1. The largest absolute Gasteiger partial charge is 0.459 e. The van der Waals surface area contributed by atoms with Crippen molar-refractivity contribution >= 4 is 23.3 Å². The van der Waals surface area contributed by atoms with E-state index in [2.05, 4.69) is 20.8 Å². The summed E-state index contributed by atoms with van der Waals surface area (Å²) < 4.78 is 6.50. The van der Waals surface area contributed by atoms with E-state index in [0.717, 1.165) is 4.57 Å². The van der Waals surface area contributed by atoms with Gasteiger partial charge in [-0.25, -0.2) is 10.8 Å². The van der Waals surface area contributed by atoms with Crippen LogP contribution in [0.1, 0.15) is 40.2 Å². The molecule has 2 aromatic rings. The van der Waals surface area contributed by atoms with Gasteiger partial charge in [0.1, 0.15) is 12.1 Å².